The number of ketones is 1. The molecular formula is C13H13NO2. The van der Waals surface area contributed by atoms with Crippen molar-refractivity contribution in [3.8, 4) is 0 Å². The van der Waals surface area contributed by atoms with Gasteiger partial charge in [0.2, 0.25) is 0 Å². The SMILES string of the molecule is C=C(c1ccc2c(c1)C(=O)C(=O)N2)C(C)C. The summed E-state index contributed by atoms with van der Waals surface area (Å²) in [6, 6.07) is 5.36. The molecule has 1 N–H and O–H groups in total. The number of rotatable bonds is 2. The summed E-state index contributed by atoms with van der Waals surface area (Å²) in [6.07, 6.45) is 0. The molecule has 0 saturated heterocycles. The number of hydrogen-bond acceptors (Lipinski definition) is 2. The standard InChI is InChI=1S/C13H13NO2/c1-7(2)8(3)9-4-5-11-10(6-9)12(15)13(16)14-11/h4-7H,3H2,1-2H3,(H,14,15,16). The van der Waals surface area contributed by atoms with Gasteiger partial charge in [-0.05, 0) is 29.2 Å². The zero-order chi connectivity index (χ0) is 11.9. The molecule has 0 radical (unpaired) electrons. The third kappa shape index (κ3) is 1.54. The Balaban J connectivity index is 2.45. The molecule has 3 heteroatoms. The number of amides is 1. The van der Waals surface area contributed by atoms with Crippen molar-refractivity contribution in [2.75, 3.05) is 5.32 Å². The third-order valence-corrected chi connectivity index (χ3v) is 2.79. The van der Waals surface area contributed by atoms with E-state index in [2.05, 4.69) is 11.9 Å². The van der Waals surface area contributed by atoms with E-state index < -0.39 is 11.7 Å². The van der Waals surface area contributed by atoms with Gasteiger partial charge >= 0.3 is 0 Å². The van der Waals surface area contributed by atoms with Crippen LogP contribution in [0.2, 0.25) is 0 Å². The first-order valence-corrected chi connectivity index (χ1v) is 5.19. The van der Waals surface area contributed by atoms with Gasteiger partial charge in [0.15, 0.2) is 0 Å². The van der Waals surface area contributed by atoms with Crippen LogP contribution in [0.5, 0.6) is 0 Å². The number of benzene rings is 1. The maximum Gasteiger partial charge on any atom is 0.296 e. The lowest BCUT2D eigenvalue weighted by Gasteiger charge is -2.10. The van der Waals surface area contributed by atoms with Crippen LogP contribution >= 0.6 is 0 Å². The smallest absolute Gasteiger partial charge is 0.296 e. The van der Waals surface area contributed by atoms with Gasteiger partial charge < -0.3 is 5.32 Å². The van der Waals surface area contributed by atoms with Gasteiger partial charge in [-0.15, -0.1) is 0 Å². The van der Waals surface area contributed by atoms with Crippen LogP contribution < -0.4 is 5.32 Å². The summed E-state index contributed by atoms with van der Waals surface area (Å²) in [5.41, 5.74) is 2.92. The Morgan fingerprint density at radius 1 is 1.31 bits per heavy atom. The molecule has 0 bridgehead atoms. The molecule has 1 aromatic rings. The molecule has 1 aromatic carbocycles. The second-order valence-corrected chi connectivity index (χ2v) is 4.22. The molecule has 82 valence electrons. The van der Waals surface area contributed by atoms with Crippen LogP contribution in [0.25, 0.3) is 5.57 Å². The van der Waals surface area contributed by atoms with Crippen LogP contribution in [0.1, 0.15) is 29.8 Å². The zero-order valence-electron chi connectivity index (χ0n) is 9.33. The Labute approximate surface area is 94.2 Å². The van der Waals surface area contributed by atoms with Crippen molar-refractivity contribution < 1.29 is 9.59 Å². The van der Waals surface area contributed by atoms with Crippen molar-refractivity contribution in [1.29, 1.82) is 0 Å². The average molecular weight is 215 g/mol. The molecule has 16 heavy (non-hydrogen) atoms. The summed E-state index contributed by atoms with van der Waals surface area (Å²) in [4.78, 5) is 22.7. The van der Waals surface area contributed by atoms with Crippen molar-refractivity contribution in [2.24, 2.45) is 5.92 Å². The van der Waals surface area contributed by atoms with Crippen LogP contribution in [0.4, 0.5) is 5.69 Å². The number of fused-ring (bicyclic) bond motifs is 1. The molecule has 0 aliphatic carbocycles. The minimum atomic E-state index is -0.553. The van der Waals surface area contributed by atoms with Crippen molar-refractivity contribution in [1.82, 2.24) is 0 Å². The minimum Gasteiger partial charge on any atom is -0.318 e. The van der Waals surface area contributed by atoms with Crippen LogP contribution in [-0.2, 0) is 4.79 Å². The molecule has 0 saturated carbocycles. The van der Waals surface area contributed by atoms with Gasteiger partial charge in [0.05, 0.1) is 11.3 Å². The van der Waals surface area contributed by atoms with E-state index in [-0.39, 0.29) is 0 Å². The number of hydrogen-bond donors (Lipinski definition) is 1. The maximum atomic E-state index is 11.5. The lowest BCUT2D eigenvalue weighted by atomic mass is 9.95. The fourth-order valence-electron chi connectivity index (χ4n) is 1.68. The molecular weight excluding hydrogens is 202 g/mol. The Morgan fingerprint density at radius 3 is 2.62 bits per heavy atom. The Hall–Kier alpha value is -1.90. The predicted octanol–water partition coefficient (Wildman–Crippen LogP) is 2.49. The largest absolute Gasteiger partial charge is 0.318 e. The molecule has 1 aliphatic rings. The molecule has 0 unspecified atom stereocenters. The number of carbonyl (C=O) groups excluding carboxylic acids is 2. The van der Waals surface area contributed by atoms with Crippen LogP contribution in [0, 0.1) is 5.92 Å². The van der Waals surface area contributed by atoms with Crippen molar-refractivity contribution in [2.45, 2.75) is 13.8 Å². The van der Waals surface area contributed by atoms with E-state index in [9.17, 15) is 9.59 Å². The van der Waals surface area contributed by atoms with E-state index in [0.717, 1.165) is 11.1 Å². The number of anilines is 1. The van der Waals surface area contributed by atoms with Gasteiger partial charge in [0, 0.05) is 0 Å². The molecule has 0 fully saturated rings. The molecule has 1 aliphatic heterocycles. The van der Waals surface area contributed by atoms with E-state index in [1.807, 2.05) is 19.9 Å². The predicted molar refractivity (Wildman–Crippen MR) is 63.3 cm³/mol. The van der Waals surface area contributed by atoms with Gasteiger partial charge in [0.1, 0.15) is 0 Å². The topological polar surface area (TPSA) is 46.2 Å². The highest BCUT2D eigenvalue weighted by atomic mass is 16.2. The van der Waals surface area contributed by atoms with Crippen molar-refractivity contribution >= 4 is 23.0 Å². The van der Waals surface area contributed by atoms with Gasteiger partial charge in [0.25, 0.3) is 11.7 Å². The summed E-state index contributed by atoms with van der Waals surface area (Å²) in [7, 11) is 0. The molecule has 2 rings (SSSR count). The highest BCUT2D eigenvalue weighted by Gasteiger charge is 2.28. The zero-order valence-corrected chi connectivity index (χ0v) is 9.33. The molecule has 1 amide bonds. The Morgan fingerprint density at radius 2 is 2.00 bits per heavy atom. The molecule has 0 aromatic heterocycles. The first-order valence-electron chi connectivity index (χ1n) is 5.19. The summed E-state index contributed by atoms with van der Waals surface area (Å²) < 4.78 is 0. The average Bonchev–Trinajstić information content (AvgIpc) is 2.53. The number of Topliss-reactive ketones (excluding diaryl/α,β-unsaturated/α-hetero) is 1. The van der Waals surface area contributed by atoms with Crippen molar-refractivity contribution in [3.05, 3.63) is 35.9 Å². The molecule has 1 heterocycles. The second kappa shape index (κ2) is 3.59. The van der Waals surface area contributed by atoms with Gasteiger partial charge in [-0.25, -0.2) is 0 Å². The fourth-order valence-corrected chi connectivity index (χ4v) is 1.68. The van der Waals surface area contributed by atoms with Crippen LogP contribution in [-0.4, -0.2) is 11.7 Å². The lowest BCUT2D eigenvalue weighted by Crippen LogP contribution is -2.12. The van der Waals surface area contributed by atoms with Gasteiger partial charge in [-0.3, -0.25) is 9.59 Å². The molecule has 0 spiro atoms. The summed E-state index contributed by atoms with van der Waals surface area (Å²) in [5.74, 6) is -0.700. The number of nitrogens with one attached hydrogen (secondary N) is 1. The fraction of sp³-hybridized carbons (Fsp3) is 0.231. The Kier molecular flexibility index (Phi) is 2.38. The third-order valence-electron chi connectivity index (χ3n) is 2.79. The first kappa shape index (κ1) is 10.6. The molecule has 3 nitrogen and oxygen atoms in total. The first-order chi connectivity index (χ1) is 7.50. The number of allylic oxidation sites excluding steroid dienone is 1. The molecule has 0 atom stereocenters. The van der Waals surface area contributed by atoms with E-state index in [1.165, 1.54) is 0 Å². The number of carbonyl (C=O) groups is 2. The summed E-state index contributed by atoms with van der Waals surface area (Å²) >= 11 is 0. The van der Waals surface area contributed by atoms with E-state index in [1.54, 1.807) is 12.1 Å². The second-order valence-electron chi connectivity index (χ2n) is 4.22. The van der Waals surface area contributed by atoms with Crippen molar-refractivity contribution in [3.63, 3.8) is 0 Å². The monoisotopic (exact) mass is 215 g/mol. The van der Waals surface area contributed by atoms with E-state index in [4.69, 9.17) is 0 Å². The normalized spacial score (nSPS) is 13.9. The van der Waals surface area contributed by atoms with E-state index in [0.29, 0.717) is 17.2 Å². The van der Waals surface area contributed by atoms with Gasteiger partial charge in [-0.1, -0.05) is 26.5 Å². The lowest BCUT2D eigenvalue weighted by molar-refractivity contribution is -0.112. The minimum absolute atomic E-state index is 0.318. The van der Waals surface area contributed by atoms with E-state index >= 15 is 0 Å². The highest BCUT2D eigenvalue weighted by Crippen LogP contribution is 2.28. The maximum absolute atomic E-state index is 11.5. The Bertz CT molecular complexity index is 501. The summed E-state index contributed by atoms with van der Waals surface area (Å²) in [6.45, 7) is 8.06. The van der Waals surface area contributed by atoms with Gasteiger partial charge in [-0.2, -0.15) is 0 Å². The summed E-state index contributed by atoms with van der Waals surface area (Å²) in [5, 5.41) is 2.52. The highest BCUT2D eigenvalue weighted by molar-refractivity contribution is 6.51. The van der Waals surface area contributed by atoms with Crippen LogP contribution in [0.3, 0.4) is 0 Å². The quantitative estimate of drug-likeness (QED) is 0.770. The van der Waals surface area contributed by atoms with Crippen LogP contribution in [0.15, 0.2) is 24.8 Å².